The molecule has 0 unspecified atom stereocenters. The predicted molar refractivity (Wildman–Crippen MR) is 74.3 cm³/mol. The molecule has 0 fully saturated rings. The van der Waals surface area contributed by atoms with Crippen LogP contribution in [0.15, 0.2) is 28.8 Å². The van der Waals surface area contributed by atoms with Crippen molar-refractivity contribution in [2.45, 2.75) is 20.5 Å². The summed E-state index contributed by atoms with van der Waals surface area (Å²) in [7, 11) is 0. The molecule has 1 aromatic heterocycles. The molecule has 0 aliphatic heterocycles. The minimum Gasteiger partial charge on any atom is -0.457 e. The highest BCUT2D eigenvalue weighted by molar-refractivity contribution is 14.1. The fraction of sp³-hybridized carbons (Fsp3) is 0.231. The number of benzene rings is 1. The Morgan fingerprint density at radius 2 is 2.22 bits per heavy atom. The maximum absolute atomic E-state index is 11.8. The summed E-state index contributed by atoms with van der Waals surface area (Å²) in [5.74, 6) is 0.344. The zero-order valence-corrected chi connectivity index (χ0v) is 12.2. The summed E-state index contributed by atoms with van der Waals surface area (Å²) in [6.45, 7) is 3.81. The van der Waals surface area contributed by atoms with Gasteiger partial charge in [0.05, 0.1) is 16.8 Å². The lowest BCUT2D eigenvalue weighted by molar-refractivity contribution is 0.0471. The van der Waals surface area contributed by atoms with E-state index in [0.717, 1.165) is 14.8 Å². The van der Waals surface area contributed by atoms with E-state index in [1.165, 1.54) is 0 Å². The summed E-state index contributed by atoms with van der Waals surface area (Å²) in [4.78, 5) is 11.8. The molecule has 0 bridgehead atoms. The van der Waals surface area contributed by atoms with Gasteiger partial charge in [0, 0.05) is 3.57 Å². The summed E-state index contributed by atoms with van der Waals surface area (Å²) in [5.41, 5.74) is 2.13. The molecule has 0 N–H and O–H groups in total. The molecule has 0 radical (unpaired) electrons. The summed E-state index contributed by atoms with van der Waals surface area (Å²) >= 11 is 2.16. The van der Waals surface area contributed by atoms with E-state index in [9.17, 15) is 4.79 Å². The van der Waals surface area contributed by atoms with Crippen molar-refractivity contribution >= 4 is 28.6 Å². The van der Waals surface area contributed by atoms with Crippen molar-refractivity contribution in [1.29, 1.82) is 0 Å². The van der Waals surface area contributed by atoms with Crippen LogP contribution >= 0.6 is 22.6 Å². The number of carbonyl (C=O) groups is 1. The van der Waals surface area contributed by atoms with Crippen LogP contribution in [0, 0.1) is 17.4 Å². The molecule has 1 aromatic carbocycles. The summed E-state index contributed by atoms with van der Waals surface area (Å²) in [5, 5.41) is 3.81. The van der Waals surface area contributed by atoms with Crippen LogP contribution in [0.25, 0.3) is 0 Å². The Balaban J connectivity index is 2.05. The molecule has 0 saturated carbocycles. The third-order valence-electron chi connectivity index (χ3n) is 2.59. The van der Waals surface area contributed by atoms with E-state index in [-0.39, 0.29) is 12.6 Å². The van der Waals surface area contributed by atoms with Gasteiger partial charge in [-0.05, 0) is 54.6 Å². The zero-order valence-electron chi connectivity index (χ0n) is 10.1. The number of nitrogens with zero attached hydrogens (tertiary/aromatic N) is 1. The minimum absolute atomic E-state index is 0.186. The molecule has 18 heavy (non-hydrogen) atoms. The Kier molecular flexibility index (Phi) is 4.00. The van der Waals surface area contributed by atoms with Crippen molar-refractivity contribution in [3.63, 3.8) is 0 Å². The number of ether oxygens (including phenoxy) is 1. The van der Waals surface area contributed by atoms with Crippen molar-refractivity contribution in [2.24, 2.45) is 0 Å². The van der Waals surface area contributed by atoms with Gasteiger partial charge < -0.3 is 9.26 Å². The Labute approximate surface area is 118 Å². The van der Waals surface area contributed by atoms with Crippen molar-refractivity contribution in [1.82, 2.24) is 5.16 Å². The number of aromatic nitrogens is 1. The van der Waals surface area contributed by atoms with Gasteiger partial charge in [-0.25, -0.2) is 4.79 Å². The molecule has 4 nitrogen and oxygen atoms in total. The molecular formula is C13H12INO3. The molecule has 0 aliphatic rings. The van der Waals surface area contributed by atoms with Crippen molar-refractivity contribution in [2.75, 3.05) is 0 Å². The van der Waals surface area contributed by atoms with Crippen molar-refractivity contribution in [3.8, 4) is 0 Å². The Hall–Kier alpha value is -1.37. The standard InChI is InChI=1S/C13H12INO3/c1-8-12(9(2)18-15-8)7-17-13(16)10-4-3-5-11(14)6-10/h3-6H,7H2,1-2H3. The number of rotatable bonds is 3. The zero-order chi connectivity index (χ0) is 13.1. The lowest BCUT2D eigenvalue weighted by Crippen LogP contribution is -2.06. The number of aryl methyl sites for hydroxylation is 2. The average molecular weight is 357 g/mol. The largest absolute Gasteiger partial charge is 0.457 e. The Bertz CT molecular complexity index is 558. The van der Waals surface area contributed by atoms with Crippen LogP contribution in [0.1, 0.15) is 27.4 Å². The number of hydrogen-bond donors (Lipinski definition) is 0. The van der Waals surface area contributed by atoms with Crippen molar-refractivity contribution in [3.05, 3.63) is 50.4 Å². The molecular weight excluding hydrogens is 345 g/mol. The van der Waals surface area contributed by atoms with Gasteiger partial charge in [-0.15, -0.1) is 0 Å². The second-order valence-electron chi connectivity index (χ2n) is 3.89. The van der Waals surface area contributed by atoms with E-state index in [2.05, 4.69) is 27.7 Å². The molecule has 2 rings (SSSR count). The summed E-state index contributed by atoms with van der Waals surface area (Å²) in [6, 6.07) is 7.27. The minimum atomic E-state index is -0.339. The SMILES string of the molecule is Cc1noc(C)c1COC(=O)c1cccc(I)c1. The van der Waals surface area contributed by atoms with Gasteiger partial charge in [-0.1, -0.05) is 11.2 Å². The summed E-state index contributed by atoms with van der Waals surface area (Å²) in [6.07, 6.45) is 0. The molecule has 5 heteroatoms. The van der Waals surface area contributed by atoms with E-state index >= 15 is 0 Å². The first-order chi connectivity index (χ1) is 8.58. The Morgan fingerprint density at radius 3 is 2.83 bits per heavy atom. The van der Waals surface area contributed by atoms with Crippen LogP contribution in [0.3, 0.4) is 0 Å². The van der Waals surface area contributed by atoms with E-state index in [0.29, 0.717) is 11.3 Å². The highest BCUT2D eigenvalue weighted by Gasteiger charge is 2.13. The van der Waals surface area contributed by atoms with Crippen LogP contribution in [-0.2, 0) is 11.3 Å². The highest BCUT2D eigenvalue weighted by Crippen LogP contribution is 2.15. The van der Waals surface area contributed by atoms with Gasteiger partial charge in [-0.2, -0.15) is 0 Å². The maximum Gasteiger partial charge on any atom is 0.338 e. The van der Waals surface area contributed by atoms with Crippen LogP contribution in [0.5, 0.6) is 0 Å². The number of halogens is 1. The third-order valence-corrected chi connectivity index (χ3v) is 3.26. The first-order valence-corrected chi connectivity index (χ1v) is 6.50. The molecule has 0 saturated heterocycles. The second-order valence-corrected chi connectivity index (χ2v) is 5.13. The van der Waals surface area contributed by atoms with E-state index in [1.807, 2.05) is 19.1 Å². The smallest absolute Gasteiger partial charge is 0.338 e. The van der Waals surface area contributed by atoms with Gasteiger partial charge >= 0.3 is 5.97 Å². The number of esters is 1. The molecule has 94 valence electrons. The van der Waals surface area contributed by atoms with Gasteiger partial charge in [-0.3, -0.25) is 0 Å². The first-order valence-electron chi connectivity index (χ1n) is 5.42. The average Bonchev–Trinajstić information content (AvgIpc) is 2.66. The molecule has 0 spiro atoms. The number of hydrogen-bond acceptors (Lipinski definition) is 4. The fourth-order valence-corrected chi connectivity index (χ4v) is 2.09. The van der Waals surface area contributed by atoms with Gasteiger partial charge in [0.2, 0.25) is 0 Å². The molecule has 2 aromatic rings. The lowest BCUT2D eigenvalue weighted by Gasteiger charge is -2.04. The van der Waals surface area contributed by atoms with Gasteiger partial charge in [0.15, 0.2) is 0 Å². The molecule has 0 amide bonds. The lowest BCUT2D eigenvalue weighted by atomic mass is 10.2. The quantitative estimate of drug-likeness (QED) is 0.625. The van der Waals surface area contributed by atoms with E-state index in [1.54, 1.807) is 19.1 Å². The fourth-order valence-electron chi connectivity index (χ4n) is 1.54. The van der Waals surface area contributed by atoms with Gasteiger partial charge in [0.25, 0.3) is 0 Å². The van der Waals surface area contributed by atoms with E-state index < -0.39 is 0 Å². The van der Waals surface area contributed by atoms with Crippen LogP contribution in [0.4, 0.5) is 0 Å². The normalized spacial score (nSPS) is 10.4. The molecule has 1 heterocycles. The predicted octanol–water partition coefficient (Wildman–Crippen LogP) is 3.25. The summed E-state index contributed by atoms with van der Waals surface area (Å²) < 4.78 is 11.3. The van der Waals surface area contributed by atoms with Crippen LogP contribution in [0.2, 0.25) is 0 Å². The van der Waals surface area contributed by atoms with Crippen molar-refractivity contribution < 1.29 is 14.1 Å². The molecule has 0 atom stereocenters. The third kappa shape index (κ3) is 2.90. The molecule has 0 aliphatic carbocycles. The van der Waals surface area contributed by atoms with E-state index in [4.69, 9.17) is 9.26 Å². The second kappa shape index (κ2) is 5.51. The maximum atomic E-state index is 11.8. The topological polar surface area (TPSA) is 52.3 Å². The Morgan fingerprint density at radius 1 is 1.44 bits per heavy atom. The monoisotopic (exact) mass is 357 g/mol. The van der Waals surface area contributed by atoms with Crippen LogP contribution < -0.4 is 0 Å². The first kappa shape index (κ1) is 13.1. The highest BCUT2D eigenvalue weighted by atomic mass is 127. The number of carbonyl (C=O) groups excluding carboxylic acids is 1. The van der Waals surface area contributed by atoms with Gasteiger partial charge in [0.1, 0.15) is 12.4 Å². The van der Waals surface area contributed by atoms with Crippen LogP contribution in [-0.4, -0.2) is 11.1 Å².